The molecule has 2 rings (SSSR count). The number of nitrogens with one attached hydrogen (secondary N) is 1. The van der Waals surface area contributed by atoms with E-state index in [1.54, 1.807) is 9.91 Å². The Kier molecular flexibility index (Phi) is 7.73. The van der Waals surface area contributed by atoms with Crippen LogP contribution in [0.3, 0.4) is 0 Å². The van der Waals surface area contributed by atoms with Crippen molar-refractivity contribution in [1.82, 2.24) is 15.3 Å². The normalized spacial score (nSPS) is 17.0. The minimum Gasteiger partial charge on any atom is -0.445 e. The standard InChI is InChI=1S/C19H29N3O3/c1-3-5-12-21(13-11-17-14-18(23)22(4-2)20-17)19(24)25-15-16-9-7-6-8-10-16/h6-10,17,20H,3-5,11-15H2,1-2H3. The fourth-order valence-electron chi connectivity index (χ4n) is 2.86. The van der Waals surface area contributed by atoms with Crippen molar-refractivity contribution in [3.05, 3.63) is 35.9 Å². The predicted molar refractivity (Wildman–Crippen MR) is 96.7 cm³/mol. The SMILES string of the molecule is CCCCN(CCC1CC(=O)N(CC)N1)C(=O)OCc1ccccc1. The van der Waals surface area contributed by atoms with Gasteiger partial charge in [-0.1, -0.05) is 43.7 Å². The Morgan fingerprint density at radius 2 is 2.04 bits per heavy atom. The Morgan fingerprint density at radius 1 is 1.28 bits per heavy atom. The second-order valence-corrected chi connectivity index (χ2v) is 6.34. The highest BCUT2D eigenvalue weighted by atomic mass is 16.6. The molecule has 2 amide bonds. The number of unbranched alkanes of at least 4 members (excludes halogenated alkanes) is 1. The van der Waals surface area contributed by atoms with E-state index < -0.39 is 0 Å². The maximum Gasteiger partial charge on any atom is 0.410 e. The van der Waals surface area contributed by atoms with Crippen LogP contribution in [-0.2, 0) is 16.1 Å². The van der Waals surface area contributed by atoms with E-state index in [1.807, 2.05) is 37.3 Å². The number of carbonyl (C=O) groups is 2. The van der Waals surface area contributed by atoms with Crippen molar-refractivity contribution >= 4 is 12.0 Å². The molecule has 1 atom stereocenters. The third-order valence-electron chi connectivity index (χ3n) is 4.37. The fraction of sp³-hybridized carbons (Fsp3) is 0.579. The Balaban J connectivity index is 1.82. The van der Waals surface area contributed by atoms with Gasteiger partial charge in [0, 0.05) is 32.1 Å². The largest absolute Gasteiger partial charge is 0.445 e. The number of benzene rings is 1. The van der Waals surface area contributed by atoms with Crippen molar-refractivity contribution in [2.75, 3.05) is 19.6 Å². The van der Waals surface area contributed by atoms with Gasteiger partial charge in [-0.25, -0.2) is 10.2 Å². The van der Waals surface area contributed by atoms with Crippen LogP contribution in [0.5, 0.6) is 0 Å². The summed E-state index contributed by atoms with van der Waals surface area (Å²) in [4.78, 5) is 26.0. The first-order valence-electron chi connectivity index (χ1n) is 9.16. The Hall–Kier alpha value is -2.08. The summed E-state index contributed by atoms with van der Waals surface area (Å²) in [5, 5.41) is 1.65. The number of hydrazine groups is 1. The first-order chi connectivity index (χ1) is 12.1. The van der Waals surface area contributed by atoms with Crippen molar-refractivity contribution < 1.29 is 14.3 Å². The molecule has 1 aromatic carbocycles. The van der Waals surface area contributed by atoms with Crippen LogP contribution in [0.25, 0.3) is 0 Å². The molecule has 0 saturated carbocycles. The van der Waals surface area contributed by atoms with Gasteiger partial charge in [-0.05, 0) is 25.3 Å². The highest BCUT2D eigenvalue weighted by Gasteiger charge is 2.28. The Bertz CT molecular complexity index is 550. The Morgan fingerprint density at radius 3 is 2.68 bits per heavy atom. The molecule has 0 radical (unpaired) electrons. The predicted octanol–water partition coefficient (Wildman–Crippen LogP) is 2.94. The third-order valence-corrected chi connectivity index (χ3v) is 4.37. The second kappa shape index (κ2) is 10.0. The molecule has 0 bridgehead atoms. The van der Waals surface area contributed by atoms with E-state index in [9.17, 15) is 9.59 Å². The van der Waals surface area contributed by atoms with Crippen LogP contribution >= 0.6 is 0 Å². The van der Waals surface area contributed by atoms with Gasteiger partial charge >= 0.3 is 6.09 Å². The molecule has 1 unspecified atom stereocenters. The third kappa shape index (κ3) is 6.05. The van der Waals surface area contributed by atoms with Crippen LogP contribution in [0, 0.1) is 0 Å². The quantitative estimate of drug-likeness (QED) is 0.746. The van der Waals surface area contributed by atoms with Gasteiger partial charge in [0.1, 0.15) is 6.61 Å². The Labute approximate surface area is 150 Å². The van der Waals surface area contributed by atoms with E-state index in [-0.39, 0.29) is 24.6 Å². The van der Waals surface area contributed by atoms with Gasteiger partial charge in [-0.2, -0.15) is 0 Å². The zero-order valence-electron chi connectivity index (χ0n) is 15.2. The van der Waals surface area contributed by atoms with E-state index in [4.69, 9.17) is 4.74 Å². The maximum atomic E-state index is 12.4. The van der Waals surface area contributed by atoms with Gasteiger partial charge in [0.2, 0.25) is 5.91 Å². The van der Waals surface area contributed by atoms with E-state index in [0.717, 1.165) is 24.8 Å². The summed E-state index contributed by atoms with van der Waals surface area (Å²) < 4.78 is 5.46. The average molecular weight is 347 g/mol. The first-order valence-corrected chi connectivity index (χ1v) is 9.16. The van der Waals surface area contributed by atoms with Gasteiger partial charge in [-0.15, -0.1) is 0 Å². The smallest absolute Gasteiger partial charge is 0.410 e. The van der Waals surface area contributed by atoms with E-state index in [1.165, 1.54) is 0 Å². The van der Waals surface area contributed by atoms with Crippen LogP contribution in [-0.4, -0.2) is 47.6 Å². The van der Waals surface area contributed by atoms with Crippen molar-refractivity contribution in [1.29, 1.82) is 0 Å². The number of hydrogen-bond donors (Lipinski definition) is 1. The fourth-order valence-corrected chi connectivity index (χ4v) is 2.86. The summed E-state index contributed by atoms with van der Waals surface area (Å²) >= 11 is 0. The van der Waals surface area contributed by atoms with E-state index >= 15 is 0 Å². The minimum absolute atomic E-state index is 0.0958. The lowest BCUT2D eigenvalue weighted by molar-refractivity contribution is -0.129. The lowest BCUT2D eigenvalue weighted by Gasteiger charge is -2.24. The average Bonchev–Trinajstić information content (AvgIpc) is 3.00. The second-order valence-electron chi connectivity index (χ2n) is 6.34. The van der Waals surface area contributed by atoms with Gasteiger partial charge < -0.3 is 9.64 Å². The molecule has 138 valence electrons. The molecule has 1 fully saturated rings. The van der Waals surface area contributed by atoms with Gasteiger partial charge in [-0.3, -0.25) is 9.80 Å². The molecule has 1 heterocycles. The minimum atomic E-state index is -0.283. The van der Waals surface area contributed by atoms with Crippen LogP contribution in [0.1, 0.15) is 45.1 Å². The number of carbonyl (C=O) groups excluding carboxylic acids is 2. The van der Waals surface area contributed by atoms with Crippen LogP contribution in [0.2, 0.25) is 0 Å². The molecular formula is C19H29N3O3. The summed E-state index contributed by atoms with van der Waals surface area (Å²) in [5.74, 6) is 0.124. The first kappa shape index (κ1) is 19.2. The lowest BCUT2D eigenvalue weighted by atomic mass is 10.1. The molecule has 1 aromatic rings. The topological polar surface area (TPSA) is 61.9 Å². The molecule has 6 heteroatoms. The van der Waals surface area contributed by atoms with Crippen molar-refractivity contribution in [2.45, 2.75) is 52.2 Å². The number of rotatable bonds is 9. The van der Waals surface area contributed by atoms with E-state index in [2.05, 4.69) is 12.3 Å². The monoisotopic (exact) mass is 347 g/mol. The molecule has 0 spiro atoms. The molecule has 1 saturated heterocycles. The van der Waals surface area contributed by atoms with Crippen LogP contribution in [0.4, 0.5) is 4.79 Å². The van der Waals surface area contributed by atoms with Crippen molar-refractivity contribution in [3.63, 3.8) is 0 Å². The number of amides is 2. The molecule has 1 N–H and O–H groups in total. The maximum absolute atomic E-state index is 12.4. The van der Waals surface area contributed by atoms with Gasteiger partial charge in [0.25, 0.3) is 0 Å². The molecule has 1 aliphatic heterocycles. The number of nitrogens with zero attached hydrogens (tertiary/aromatic N) is 2. The number of hydrogen-bond acceptors (Lipinski definition) is 4. The molecule has 25 heavy (non-hydrogen) atoms. The summed E-state index contributed by atoms with van der Waals surface area (Å²) in [6, 6.07) is 9.78. The summed E-state index contributed by atoms with van der Waals surface area (Å²) in [6.07, 6.45) is 2.92. The summed E-state index contributed by atoms with van der Waals surface area (Å²) in [6.45, 7) is 6.27. The van der Waals surface area contributed by atoms with Crippen LogP contribution < -0.4 is 5.43 Å². The van der Waals surface area contributed by atoms with Gasteiger partial charge in [0.15, 0.2) is 0 Å². The zero-order valence-corrected chi connectivity index (χ0v) is 15.2. The van der Waals surface area contributed by atoms with Crippen molar-refractivity contribution in [2.24, 2.45) is 0 Å². The lowest BCUT2D eigenvalue weighted by Crippen LogP contribution is -2.40. The molecule has 0 aromatic heterocycles. The van der Waals surface area contributed by atoms with E-state index in [0.29, 0.717) is 26.1 Å². The van der Waals surface area contributed by atoms with Gasteiger partial charge in [0.05, 0.1) is 0 Å². The van der Waals surface area contributed by atoms with Crippen LogP contribution in [0.15, 0.2) is 30.3 Å². The molecular weight excluding hydrogens is 318 g/mol. The highest BCUT2D eigenvalue weighted by Crippen LogP contribution is 2.12. The highest BCUT2D eigenvalue weighted by molar-refractivity contribution is 5.78. The molecule has 1 aliphatic rings. The molecule has 6 nitrogen and oxygen atoms in total. The molecule has 0 aliphatic carbocycles. The number of ether oxygens (including phenoxy) is 1. The zero-order chi connectivity index (χ0) is 18.1. The van der Waals surface area contributed by atoms with Crippen molar-refractivity contribution in [3.8, 4) is 0 Å². The summed E-state index contributed by atoms with van der Waals surface area (Å²) in [7, 11) is 0. The summed E-state index contributed by atoms with van der Waals surface area (Å²) in [5.41, 5.74) is 4.18.